The molecule has 0 aliphatic rings. The van der Waals surface area contributed by atoms with Crippen LogP contribution in [-0.4, -0.2) is 4.98 Å². The Labute approximate surface area is 156 Å². The Morgan fingerprint density at radius 1 is 0.560 bits per heavy atom. The van der Waals surface area contributed by atoms with Gasteiger partial charge in [-0.1, -0.05) is 82.7 Å². The molecule has 25 heavy (non-hydrogen) atoms. The third kappa shape index (κ3) is 3.26. The average molecular weight is 386 g/mol. The molecule has 1 nitrogen and oxygen atoms in total. The van der Waals surface area contributed by atoms with E-state index in [9.17, 15) is 0 Å². The molecule has 4 rings (SSSR count). The highest BCUT2D eigenvalue weighted by Gasteiger charge is 2.13. The Balaban J connectivity index is 1.98. The summed E-state index contributed by atoms with van der Waals surface area (Å²) in [5, 5.41) is 0. The van der Waals surface area contributed by atoms with Crippen molar-refractivity contribution in [1.82, 2.24) is 4.98 Å². The predicted molar refractivity (Wildman–Crippen MR) is 108 cm³/mol. The normalized spacial score (nSPS) is 10.6. The largest absolute Gasteiger partial charge is 0.264 e. The summed E-state index contributed by atoms with van der Waals surface area (Å²) in [6, 6.07) is 29.5. The summed E-state index contributed by atoms with van der Waals surface area (Å²) in [5.41, 5.74) is 7.06. The maximum absolute atomic E-state index is 4.31. The van der Waals surface area contributed by atoms with Crippen molar-refractivity contribution in [3.63, 3.8) is 0 Å². The van der Waals surface area contributed by atoms with Crippen molar-refractivity contribution in [2.45, 2.75) is 0 Å². The van der Waals surface area contributed by atoms with Gasteiger partial charge >= 0.3 is 0 Å². The molecular weight excluding hydrogens is 370 g/mol. The van der Waals surface area contributed by atoms with Crippen LogP contribution in [0.3, 0.4) is 0 Å². The third-order valence-electron chi connectivity index (χ3n) is 4.25. The average Bonchev–Trinajstić information content (AvgIpc) is 2.70. The minimum absolute atomic E-state index is 1.09. The SMILES string of the molecule is Brc1cc(-c2ccccc2)c(-c2cccnc2)cc1-c1ccccc1. The van der Waals surface area contributed by atoms with Crippen LogP contribution in [0, 0.1) is 0 Å². The molecule has 3 aromatic carbocycles. The van der Waals surface area contributed by atoms with Gasteiger partial charge < -0.3 is 0 Å². The van der Waals surface area contributed by atoms with E-state index in [-0.39, 0.29) is 0 Å². The number of aromatic nitrogens is 1. The maximum Gasteiger partial charge on any atom is 0.0346 e. The van der Waals surface area contributed by atoms with Crippen LogP contribution in [0.4, 0.5) is 0 Å². The molecule has 1 aromatic heterocycles. The molecule has 0 N–H and O–H groups in total. The van der Waals surface area contributed by atoms with Crippen molar-refractivity contribution in [2.24, 2.45) is 0 Å². The van der Waals surface area contributed by atoms with E-state index in [1.807, 2.05) is 30.6 Å². The molecule has 0 atom stereocenters. The van der Waals surface area contributed by atoms with Gasteiger partial charge in [0, 0.05) is 22.4 Å². The Morgan fingerprint density at radius 3 is 1.72 bits per heavy atom. The maximum atomic E-state index is 4.31. The van der Waals surface area contributed by atoms with Crippen LogP contribution in [0.15, 0.2) is 102 Å². The van der Waals surface area contributed by atoms with Crippen molar-refractivity contribution >= 4 is 15.9 Å². The summed E-state index contributed by atoms with van der Waals surface area (Å²) >= 11 is 3.77. The lowest BCUT2D eigenvalue weighted by atomic mass is 9.92. The van der Waals surface area contributed by atoms with Gasteiger partial charge in [-0.25, -0.2) is 0 Å². The van der Waals surface area contributed by atoms with Gasteiger partial charge in [-0.3, -0.25) is 4.98 Å². The third-order valence-corrected chi connectivity index (χ3v) is 4.91. The summed E-state index contributed by atoms with van der Waals surface area (Å²) in [4.78, 5) is 4.31. The lowest BCUT2D eigenvalue weighted by Gasteiger charge is -2.15. The summed E-state index contributed by atoms with van der Waals surface area (Å²) in [7, 11) is 0. The van der Waals surface area contributed by atoms with Crippen LogP contribution in [0.5, 0.6) is 0 Å². The van der Waals surface area contributed by atoms with Gasteiger partial charge in [0.05, 0.1) is 0 Å². The molecule has 2 heteroatoms. The first-order valence-electron chi connectivity index (χ1n) is 8.18. The zero-order valence-corrected chi connectivity index (χ0v) is 15.1. The second kappa shape index (κ2) is 7.04. The fourth-order valence-electron chi connectivity index (χ4n) is 3.03. The fraction of sp³-hybridized carbons (Fsp3) is 0. The number of halogens is 1. The second-order valence-corrected chi connectivity index (χ2v) is 6.71. The van der Waals surface area contributed by atoms with Gasteiger partial charge in [0.25, 0.3) is 0 Å². The van der Waals surface area contributed by atoms with Crippen molar-refractivity contribution in [2.75, 3.05) is 0 Å². The predicted octanol–water partition coefficient (Wildman–Crippen LogP) is 6.85. The van der Waals surface area contributed by atoms with Crippen molar-refractivity contribution in [3.05, 3.63) is 102 Å². The Hall–Kier alpha value is -2.71. The van der Waals surface area contributed by atoms with Crippen LogP contribution in [0.2, 0.25) is 0 Å². The summed E-state index contributed by atoms with van der Waals surface area (Å²) in [6.07, 6.45) is 3.73. The van der Waals surface area contributed by atoms with Gasteiger partial charge in [-0.05, 0) is 46.0 Å². The Morgan fingerprint density at radius 2 is 1.12 bits per heavy atom. The Bertz CT molecular complexity index is 980. The molecule has 0 amide bonds. The van der Waals surface area contributed by atoms with E-state index in [1.54, 1.807) is 0 Å². The van der Waals surface area contributed by atoms with Gasteiger partial charge in [-0.2, -0.15) is 0 Å². The highest BCUT2D eigenvalue weighted by atomic mass is 79.9. The first-order valence-corrected chi connectivity index (χ1v) is 8.97. The molecule has 0 bridgehead atoms. The van der Waals surface area contributed by atoms with E-state index >= 15 is 0 Å². The minimum atomic E-state index is 1.09. The van der Waals surface area contributed by atoms with E-state index in [4.69, 9.17) is 0 Å². The zero-order valence-electron chi connectivity index (χ0n) is 13.6. The van der Waals surface area contributed by atoms with Crippen LogP contribution in [0.1, 0.15) is 0 Å². The van der Waals surface area contributed by atoms with Crippen LogP contribution in [-0.2, 0) is 0 Å². The van der Waals surface area contributed by atoms with Gasteiger partial charge in [0.1, 0.15) is 0 Å². The molecule has 0 spiro atoms. The zero-order chi connectivity index (χ0) is 17.1. The van der Waals surface area contributed by atoms with Crippen molar-refractivity contribution in [1.29, 1.82) is 0 Å². The fourth-order valence-corrected chi connectivity index (χ4v) is 3.60. The summed E-state index contributed by atoms with van der Waals surface area (Å²) < 4.78 is 1.09. The molecular formula is C23H16BrN. The number of pyridine rings is 1. The van der Waals surface area contributed by atoms with E-state index < -0.39 is 0 Å². The smallest absolute Gasteiger partial charge is 0.0346 e. The van der Waals surface area contributed by atoms with Crippen LogP contribution >= 0.6 is 15.9 Å². The summed E-state index contributed by atoms with van der Waals surface area (Å²) in [5.74, 6) is 0. The van der Waals surface area contributed by atoms with Crippen molar-refractivity contribution in [3.8, 4) is 33.4 Å². The molecule has 120 valence electrons. The van der Waals surface area contributed by atoms with Crippen molar-refractivity contribution < 1.29 is 0 Å². The van der Waals surface area contributed by atoms with E-state index in [2.05, 4.69) is 87.6 Å². The standard InChI is InChI=1S/C23H16BrN/c24-23-15-21(17-8-3-1-4-9-17)20(19-12-7-13-25-16-19)14-22(23)18-10-5-2-6-11-18/h1-16H. The van der Waals surface area contributed by atoms with Crippen LogP contribution < -0.4 is 0 Å². The Kier molecular flexibility index (Phi) is 4.45. The second-order valence-electron chi connectivity index (χ2n) is 5.85. The quantitative estimate of drug-likeness (QED) is 0.375. The van der Waals surface area contributed by atoms with E-state index in [0.29, 0.717) is 0 Å². The first-order chi connectivity index (χ1) is 12.3. The highest BCUT2D eigenvalue weighted by molar-refractivity contribution is 9.10. The number of nitrogens with zero attached hydrogens (tertiary/aromatic N) is 1. The van der Waals surface area contributed by atoms with Gasteiger partial charge in [-0.15, -0.1) is 0 Å². The molecule has 0 aliphatic carbocycles. The summed E-state index contributed by atoms with van der Waals surface area (Å²) in [6.45, 7) is 0. The number of benzene rings is 3. The molecule has 1 heterocycles. The lowest BCUT2D eigenvalue weighted by Crippen LogP contribution is -1.90. The number of hydrogen-bond acceptors (Lipinski definition) is 1. The lowest BCUT2D eigenvalue weighted by molar-refractivity contribution is 1.33. The first kappa shape index (κ1) is 15.8. The van der Waals surface area contributed by atoms with E-state index in [0.717, 1.165) is 10.0 Å². The minimum Gasteiger partial charge on any atom is -0.264 e. The number of rotatable bonds is 3. The monoisotopic (exact) mass is 385 g/mol. The molecule has 0 unspecified atom stereocenters. The highest BCUT2D eigenvalue weighted by Crippen LogP contribution is 2.39. The van der Waals surface area contributed by atoms with Gasteiger partial charge in [0.2, 0.25) is 0 Å². The van der Waals surface area contributed by atoms with E-state index in [1.165, 1.54) is 27.8 Å². The van der Waals surface area contributed by atoms with Crippen LogP contribution in [0.25, 0.3) is 33.4 Å². The molecule has 0 fully saturated rings. The molecule has 0 saturated carbocycles. The van der Waals surface area contributed by atoms with Gasteiger partial charge in [0.15, 0.2) is 0 Å². The molecule has 0 radical (unpaired) electrons. The number of hydrogen-bond donors (Lipinski definition) is 0. The molecule has 0 saturated heterocycles. The molecule has 4 aromatic rings. The topological polar surface area (TPSA) is 12.9 Å². The molecule has 0 aliphatic heterocycles.